The molecule has 0 radical (unpaired) electrons. The summed E-state index contributed by atoms with van der Waals surface area (Å²) in [6, 6.07) is 1.80. The van der Waals surface area contributed by atoms with E-state index in [1.54, 1.807) is 10.7 Å². The van der Waals surface area contributed by atoms with Gasteiger partial charge in [-0.25, -0.2) is 9.67 Å². The second-order valence-corrected chi connectivity index (χ2v) is 9.10. The van der Waals surface area contributed by atoms with Gasteiger partial charge in [-0.05, 0) is 24.8 Å². The summed E-state index contributed by atoms with van der Waals surface area (Å²) >= 11 is 1.81. The molecule has 1 saturated heterocycles. The summed E-state index contributed by atoms with van der Waals surface area (Å²) < 4.78 is 7.20. The van der Waals surface area contributed by atoms with Crippen LogP contribution in [0.25, 0.3) is 0 Å². The maximum absolute atomic E-state index is 12.2. The van der Waals surface area contributed by atoms with Crippen LogP contribution < -0.4 is 5.56 Å². The number of hydrogen-bond acceptors (Lipinski definition) is 7. The average molecular weight is 402 g/mol. The van der Waals surface area contributed by atoms with E-state index in [2.05, 4.69) is 14.9 Å². The van der Waals surface area contributed by atoms with Gasteiger partial charge in [-0.1, -0.05) is 0 Å². The molecule has 2 aromatic heterocycles. The van der Waals surface area contributed by atoms with Gasteiger partial charge in [-0.2, -0.15) is 5.10 Å². The van der Waals surface area contributed by atoms with E-state index < -0.39 is 0 Å². The number of aromatic nitrogens is 3. The van der Waals surface area contributed by atoms with E-state index in [9.17, 15) is 4.79 Å². The van der Waals surface area contributed by atoms with Crippen molar-refractivity contribution in [1.82, 2.24) is 24.6 Å². The molecule has 0 amide bonds. The van der Waals surface area contributed by atoms with Crippen LogP contribution in [-0.2, 0) is 43.7 Å². The SMILES string of the molecule is O=c1cc2c(nn1CCN1CCN(Cc3nc4c(s3)COCC4)CC1)CCC2. The number of rotatable bonds is 5. The number of aryl methyl sites for hydroxylation is 2. The molecule has 5 rings (SSSR count). The highest BCUT2D eigenvalue weighted by atomic mass is 32.1. The molecule has 0 unspecified atom stereocenters. The molecule has 0 spiro atoms. The fourth-order valence-corrected chi connectivity index (χ4v) is 5.44. The quantitative estimate of drug-likeness (QED) is 0.747. The summed E-state index contributed by atoms with van der Waals surface area (Å²) in [7, 11) is 0. The van der Waals surface area contributed by atoms with Gasteiger partial charge in [0.05, 0.1) is 42.6 Å². The highest BCUT2D eigenvalue weighted by molar-refractivity contribution is 7.11. The van der Waals surface area contributed by atoms with E-state index in [-0.39, 0.29) is 5.56 Å². The van der Waals surface area contributed by atoms with Gasteiger partial charge < -0.3 is 4.74 Å². The molecule has 0 atom stereocenters. The fraction of sp³-hybridized carbons (Fsp3) is 0.650. The Morgan fingerprint density at radius 2 is 1.89 bits per heavy atom. The Kier molecular flexibility index (Phi) is 5.28. The Balaban J connectivity index is 1.12. The molecule has 28 heavy (non-hydrogen) atoms. The monoisotopic (exact) mass is 401 g/mol. The second-order valence-electron chi connectivity index (χ2n) is 7.93. The fourth-order valence-electron chi connectivity index (χ4n) is 4.34. The second kappa shape index (κ2) is 8.02. The predicted octanol–water partition coefficient (Wildman–Crippen LogP) is 1.08. The minimum Gasteiger partial charge on any atom is -0.375 e. The maximum Gasteiger partial charge on any atom is 0.267 e. The Morgan fingerprint density at radius 1 is 1.04 bits per heavy atom. The number of ether oxygens (including phenoxy) is 1. The van der Waals surface area contributed by atoms with E-state index >= 15 is 0 Å². The van der Waals surface area contributed by atoms with Crippen LogP contribution in [0.5, 0.6) is 0 Å². The van der Waals surface area contributed by atoms with Crippen LogP contribution in [0, 0.1) is 0 Å². The van der Waals surface area contributed by atoms with Crippen molar-refractivity contribution in [3.63, 3.8) is 0 Å². The maximum atomic E-state index is 12.2. The number of thiazole rings is 1. The summed E-state index contributed by atoms with van der Waals surface area (Å²) in [5, 5.41) is 5.81. The zero-order valence-electron chi connectivity index (χ0n) is 16.2. The van der Waals surface area contributed by atoms with Crippen LogP contribution in [0.3, 0.4) is 0 Å². The van der Waals surface area contributed by atoms with Crippen LogP contribution in [0.4, 0.5) is 0 Å². The Morgan fingerprint density at radius 3 is 2.75 bits per heavy atom. The molecule has 4 heterocycles. The average Bonchev–Trinajstić information content (AvgIpc) is 3.32. The molecular formula is C20H27N5O2S. The van der Waals surface area contributed by atoms with Crippen molar-refractivity contribution < 1.29 is 4.74 Å². The molecular weight excluding hydrogens is 374 g/mol. The van der Waals surface area contributed by atoms with Gasteiger partial charge in [0.15, 0.2) is 0 Å². The number of fused-ring (bicyclic) bond motifs is 2. The van der Waals surface area contributed by atoms with Crippen LogP contribution in [0.2, 0.25) is 0 Å². The van der Waals surface area contributed by atoms with Gasteiger partial charge in [-0.15, -0.1) is 11.3 Å². The zero-order chi connectivity index (χ0) is 18.9. The van der Waals surface area contributed by atoms with Gasteiger partial charge in [0.25, 0.3) is 5.56 Å². The van der Waals surface area contributed by atoms with Gasteiger partial charge in [0.1, 0.15) is 5.01 Å². The lowest BCUT2D eigenvalue weighted by Crippen LogP contribution is -2.47. The van der Waals surface area contributed by atoms with Crippen molar-refractivity contribution in [3.05, 3.63) is 43.3 Å². The largest absolute Gasteiger partial charge is 0.375 e. The van der Waals surface area contributed by atoms with Crippen molar-refractivity contribution in [2.75, 3.05) is 39.3 Å². The third kappa shape index (κ3) is 3.91. The van der Waals surface area contributed by atoms with Crippen molar-refractivity contribution in [1.29, 1.82) is 0 Å². The Hall–Kier alpha value is -1.61. The van der Waals surface area contributed by atoms with E-state index in [1.807, 2.05) is 11.3 Å². The first-order valence-electron chi connectivity index (χ1n) is 10.3. The third-order valence-corrected chi connectivity index (χ3v) is 7.07. The number of hydrogen-bond donors (Lipinski definition) is 0. The Labute approximate surface area is 168 Å². The first kappa shape index (κ1) is 18.4. The van der Waals surface area contributed by atoms with E-state index in [4.69, 9.17) is 9.72 Å². The van der Waals surface area contributed by atoms with Crippen LogP contribution in [0.15, 0.2) is 10.9 Å². The summed E-state index contributed by atoms with van der Waals surface area (Å²) in [4.78, 5) is 23.3. The standard InChI is InChI=1S/C20H27N5O2S/c26-20-12-15-2-1-3-16(15)22-25(20)10-9-23-5-7-24(8-6-23)13-19-21-17-4-11-27-14-18(17)28-19/h12H,1-11,13-14H2. The van der Waals surface area contributed by atoms with Crippen molar-refractivity contribution >= 4 is 11.3 Å². The molecule has 7 nitrogen and oxygen atoms in total. The minimum atomic E-state index is 0.0519. The van der Waals surface area contributed by atoms with Crippen molar-refractivity contribution in [2.45, 2.75) is 45.4 Å². The van der Waals surface area contributed by atoms with E-state index in [0.29, 0.717) is 6.54 Å². The molecule has 0 saturated carbocycles. The van der Waals surface area contributed by atoms with Crippen LogP contribution in [-0.4, -0.2) is 63.9 Å². The molecule has 8 heteroatoms. The summed E-state index contributed by atoms with van der Waals surface area (Å²) in [5.41, 5.74) is 3.58. The highest BCUT2D eigenvalue weighted by Crippen LogP contribution is 2.24. The third-order valence-electron chi connectivity index (χ3n) is 6.01. The lowest BCUT2D eigenvalue weighted by atomic mass is 10.2. The van der Waals surface area contributed by atoms with Crippen LogP contribution in [0.1, 0.15) is 33.3 Å². The number of nitrogens with zero attached hydrogens (tertiary/aromatic N) is 5. The lowest BCUT2D eigenvalue weighted by molar-refractivity contribution is 0.112. The molecule has 1 aliphatic carbocycles. The van der Waals surface area contributed by atoms with Gasteiger partial charge in [-0.3, -0.25) is 14.6 Å². The summed E-state index contributed by atoms with van der Waals surface area (Å²) in [5.74, 6) is 0. The molecule has 0 bridgehead atoms. The first-order chi connectivity index (χ1) is 13.7. The van der Waals surface area contributed by atoms with Crippen molar-refractivity contribution in [2.24, 2.45) is 0 Å². The van der Waals surface area contributed by atoms with Gasteiger partial charge in [0.2, 0.25) is 0 Å². The normalized spacial score (nSPS) is 20.3. The molecule has 0 N–H and O–H groups in total. The van der Waals surface area contributed by atoms with E-state index in [0.717, 1.165) is 89.4 Å². The zero-order valence-corrected chi connectivity index (χ0v) is 17.0. The molecule has 0 aromatic carbocycles. The first-order valence-corrected chi connectivity index (χ1v) is 11.2. The summed E-state index contributed by atoms with van der Waals surface area (Å²) in [6.07, 6.45) is 4.11. The van der Waals surface area contributed by atoms with Crippen molar-refractivity contribution in [3.8, 4) is 0 Å². The van der Waals surface area contributed by atoms with Gasteiger partial charge in [0, 0.05) is 45.2 Å². The van der Waals surface area contributed by atoms with Crippen LogP contribution >= 0.6 is 11.3 Å². The predicted molar refractivity (Wildman–Crippen MR) is 108 cm³/mol. The highest BCUT2D eigenvalue weighted by Gasteiger charge is 2.21. The molecule has 2 aromatic rings. The molecule has 1 fully saturated rings. The number of piperazine rings is 1. The van der Waals surface area contributed by atoms with Gasteiger partial charge >= 0.3 is 0 Å². The molecule has 3 aliphatic rings. The van der Waals surface area contributed by atoms with E-state index in [1.165, 1.54) is 15.6 Å². The smallest absolute Gasteiger partial charge is 0.267 e. The molecule has 2 aliphatic heterocycles. The Bertz CT molecular complexity index is 877. The minimum absolute atomic E-state index is 0.0519. The lowest BCUT2D eigenvalue weighted by Gasteiger charge is -2.34. The summed E-state index contributed by atoms with van der Waals surface area (Å²) in [6.45, 7) is 8.22. The topological polar surface area (TPSA) is 63.5 Å². The molecule has 150 valence electrons.